The summed E-state index contributed by atoms with van der Waals surface area (Å²) < 4.78 is 41.6. The van der Waals surface area contributed by atoms with Crippen LogP contribution in [0.1, 0.15) is 13.3 Å². The second-order valence-electron chi connectivity index (χ2n) is 3.15. The molecule has 4 nitrogen and oxygen atoms in total. The van der Waals surface area contributed by atoms with Crippen LogP contribution in [-0.4, -0.2) is 30.7 Å². The van der Waals surface area contributed by atoms with Crippen LogP contribution in [-0.2, 0) is 14.3 Å². The number of amides is 1. The van der Waals surface area contributed by atoms with Crippen LogP contribution in [0.15, 0.2) is 0 Å². The van der Waals surface area contributed by atoms with Gasteiger partial charge in [-0.1, -0.05) is 0 Å². The van der Waals surface area contributed by atoms with Crippen molar-refractivity contribution < 1.29 is 27.5 Å². The van der Waals surface area contributed by atoms with Crippen LogP contribution in [0.2, 0.25) is 0 Å². The molecule has 1 aliphatic heterocycles. The summed E-state index contributed by atoms with van der Waals surface area (Å²) in [5.74, 6) is -3.80. The number of rotatable bonds is 2. The van der Waals surface area contributed by atoms with Gasteiger partial charge in [-0.25, -0.2) is 4.79 Å². The van der Waals surface area contributed by atoms with Gasteiger partial charge in [0.1, 0.15) is 6.04 Å². The molecule has 1 heterocycles. The van der Waals surface area contributed by atoms with Crippen LogP contribution < -0.4 is 5.32 Å². The molecule has 1 aliphatic rings. The molecule has 2 atom stereocenters. The third-order valence-corrected chi connectivity index (χ3v) is 2.09. The number of carbonyl (C=O) groups excluding carboxylic acids is 2. The number of esters is 1. The molecule has 7 heteroatoms. The van der Waals surface area contributed by atoms with Crippen LogP contribution in [0.5, 0.6) is 0 Å². The van der Waals surface area contributed by atoms with Gasteiger partial charge in [0.25, 0.3) is 0 Å². The molecular formula is C8H10F3NO3. The lowest BCUT2D eigenvalue weighted by atomic mass is 10.0. The summed E-state index contributed by atoms with van der Waals surface area (Å²) in [5.41, 5.74) is 0. The third-order valence-electron chi connectivity index (χ3n) is 2.09. The first-order valence-corrected chi connectivity index (χ1v) is 4.39. The van der Waals surface area contributed by atoms with Gasteiger partial charge in [-0.2, -0.15) is 13.2 Å². The number of nitrogens with one attached hydrogen (secondary N) is 1. The molecule has 0 radical (unpaired) electrons. The van der Waals surface area contributed by atoms with E-state index < -0.39 is 36.4 Å². The molecule has 0 aliphatic carbocycles. The molecule has 1 amide bonds. The molecule has 86 valence electrons. The molecule has 0 bridgehead atoms. The fourth-order valence-corrected chi connectivity index (χ4v) is 1.41. The lowest BCUT2D eigenvalue weighted by molar-refractivity contribution is -0.185. The Morgan fingerprint density at radius 2 is 2.20 bits per heavy atom. The average Bonchev–Trinajstić information content (AvgIpc) is 2.47. The van der Waals surface area contributed by atoms with Crippen molar-refractivity contribution in [3.05, 3.63) is 0 Å². The summed E-state index contributed by atoms with van der Waals surface area (Å²) >= 11 is 0. The minimum atomic E-state index is -4.57. The van der Waals surface area contributed by atoms with Gasteiger partial charge in [0, 0.05) is 6.42 Å². The summed E-state index contributed by atoms with van der Waals surface area (Å²) in [6.45, 7) is 1.47. The zero-order chi connectivity index (χ0) is 11.6. The maximum Gasteiger partial charge on any atom is 0.394 e. The zero-order valence-electron chi connectivity index (χ0n) is 7.93. The highest BCUT2D eigenvalue weighted by molar-refractivity contribution is 5.89. The summed E-state index contributed by atoms with van der Waals surface area (Å²) in [6.07, 6.45) is -5.29. The predicted octanol–water partition coefficient (Wildman–Crippen LogP) is 0.616. The molecular weight excluding hydrogens is 215 g/mol. The highest BCUT2D eigenvalue weighted by Gasteiger charge is 2.53. The van der Waals surface area contributed by atoms with E-state index in [1.54, 1.807) is 0 Å². The maximum atomic E-state index is 12.4. The van der Waals surface area contributed by atoms with E-state index in [9.17, 15) is 22.8 Å². The molecule has 0 aromatic rings. The lowest BCUT2D eigenvalue weighted by Gasteiger charge is -2.19. The van der Waals surface area contributed by atoms with Crippen molar-refractivity contribution >= 4 is 11.9 Å². The first-order chi connectivity index (χ1) is 6.86. The highest BCUT2D eigenvalue weighted by Crippen LogP contribution is 2.35. The maximum absolute atomic E-state index is 12.4. The van der Waals surface area contributed by atoms with Crippen LogP contribution in [0, 0.1) is 5.92 Å². The standard InChI is InChI=1S/C8H10F3NO3/c1-2-15-7(14)6-4(8(9,10)11)3-5(13)12-6/h4,6H,2-3H2,1H3,(H,12,13)/t4-,6-/m0/s1. The smallest absolute Gasteiger partial charge is 0.394 e. The molecule has 0 aromatic carbocycles. The van der Waals surface area contributed by atoms with E-state index in [-0.39, 0.29) is 6.61 Å². The minimum Gasteiger partial charge on any atom is -0.464 e. The summed E-state index contributed by atoms with van der Waals surface area (Å²) in [5, 5.41) is 1.96. The summed E-state index contributed by atoms with van der Waals surface area (Å²) in [6, 6.07) is -1.60. The molecule has 15 heavy (non-hydrogen) atoms. The lowest BCUT2D eigenvalue weighted by Crippen LogP contribution is -2.43. The van der Waals surface area contributed by atoms with Gasteiger partial charge in [0.2, 0.25) is 5.91 Å². The topological polar surface area (TPSA) is 55.4 Å². The average molecular weight is 225 g/mol. The van der Waals surface area contributed by atoms with E-state index in [0.29, 0.717) is 0 Å². The summed E-state index contributed by atoms with van der Waals surface area (Å²) in [4.78, 5) is 21.9. The van der Waals surface area contributed by atoms with Crippen molar-refractivity contribution in [3.63, 3.8) is 0 Å². The predicted molar refractivity (Wildman–Crippen MR) is 42.7 cm³/mol. The second-order valence-corrected chi connectivity index (χ2v) is 3.15. The zero-order valence-corrected chi connectivity index (χ0v) is 7.93. The number of alkyl halides is 3. The first kappa shape index (κ1) is 11.8. The van der Waals surface area contributed by atoms with Crippen LogP contribution in [0.25, 0.3) is 0 Å². The molecule has 1 rings (SSSR count). The largest absolute Gasteiger partial charge is 0.464 e. The molecule has 0 unspecified atom stereocenters. The second kappa shape index (κ2) is 4.08. The number of carbonyl (C=O) groups is 2. The number of hydrogen-bond donors (Lipinski definition) is 1. The fourth-order valence-electron chi connectivity index (χ4n) is 1.41. The van der Waals surface area contributed by atoms with Crippen molar-refractivity contribution in [2.24, 2.45) is 5.92 Å². The Morgan fingerprint density at radius 3 is 2.67 bits per heavy atom. The normalized spacial score (nSPS) is 26.3. The van der Waals surface area contributed by atoms with Crippen molar-refractivity contribution in [2.45, 2.75) is 25.6 Å². The monoisotopic (exact) mass is 225 g/mol. The van der Waals surface area contributed by atoms with E-state index in [2.05, 4.69) is 4.74 Å². The van der Waals surface area contributed by atoms with Crippen LogP contribution in [0.4, 0.5) is 13.2 Å². The highest BCUT2D eigenvalue weighted by atomic mass is 19.4. The Kier molecular flexibility index (Phi) is 3.21. The summed E-state index contributed by atoms with van der Waals surface area (Å²) in [7, 11) is 0. The van der Waals surface area contributed by atoms with E-state index >= 15 is 0 Å². The Bertz CT molecular complexity index is 277. The van der Waals surface area contributed by atoms with E-state index in [1.165, 1.54) is 6.92 Å². The molecule has 0 aromatic heterocycles. The molecule has 0 spiro atoms. The van der Waals surface area contributed by atoms with Crippen molar-refractivity contribution in [1.29, 1.82) is 0 Å². The van der Waals surface area contributed by atoms with Gasteiger partial charge >= 0.3 is 12.1 Å². The number of hydrogen-bond acceptors (Lipinski definition) is 3. The van der Waals surface area contributed by atoms with Crippen LogP contribution >= 0.6 is 0 Å². The van der Waals surface area contributed by atoms with Gasteiger partial charge in [-0.05, 0) is 6.92 Å². The molecule has 1 saturated heterocycles. The fraction of sp³-hybridized carbons (Fsp3) is 0.750. The third kappa shape index (κ3) is 2.60. The molecule has 1 N–H and O–H groups in total. The van der Waals surface area contributed by atoms with Crippen molar-refractivity contribution in [1.82, 2.24) is 5.32 Å². The quantitative estimate of drug-likeness (QED) is 0.701. The van der Waals surface area contributed by atoms with Crippen LogP contribution in [0.3, 0.4) is 0 Å². The molecule has 1 fully saturated rings. The number of ether oxygens (including phenoxy) is 1. The van der Waals surface area contributed by atoms with Crippen molar-refractivity contribution in [2.75, 3.05) is 6.61 Å². The Balaban J connectivity index is 2.77. The van der Waals surface area contributed by atoms with E-state index in [0.717, 1.165) is 0 Å². The van der Waals surface area contributed by atoms with Gasteiger partial charge in [0.05, 0.1) is 12.5 Å². The van der Waals surface area contributed by atoms with Gasteiger partial charge in [-0.3, -0.25) is 4.79 Å². The Labute approximate surface area is 83.8 Å². The first-order valence-electron chi connectivity index (χ1n) is 4.39. The van der Waals surface area contributed by atoms with E-state index in [1.807, 2.05) is 5.32 Å². The van der Waals surface area contributed by atoms with E-state index in [4.69, 9.17) is 0 Å². The Morgan fingerprint density at radius 1 is 1.60 bits per heavy atom. The Hall–Kier alpha value is -1.27. The van der Waals surface area contributed by atoms with Gasteiger partial charge in [-0.15, -0.1) is 0 Å². The molecule has 0 saturated carbocycles. The van der Waals surface area contributed by atoms with Gasteiger partial charge < -0.3 is 10.1 Å². The minimum absolute atomic E-state index is 0.0181. The number of halogens is 3. The van der Waals surface area contributed by atoms with Crippen molar-refractivity contribution in [3.8, 4) is 0 Å². The SMILES string of the molecule is CCOC(=O)[C@H]1NC(=O)C[C@@H]1C(F)(F)F. The van der Waals surface area contributed by atoms with Gasteiger partial charge in [0.15, 0.2) is 0 Å².